The van der Waals surface area contributed by atoms with Crippen LogP contribution in [0.3, 0.4) is 0 Å². The van der Waals surface area contributed by atoms with Crippen LogP contribution in [0.1, 0.15) is 18.9 Å². The van der Waals surface area contributed by atoms with E-state index in [9.17, 15) is 13.2 Å². The normalized spacial score (nSPS) is 12.6. The topological polar surface area (TPSA) is 41.8 Å². The van der Waals surface area contributed by atoms with E-state index in [4.69, 9.17) is 9.94 Å². The molecule has 0 spiro atoms. The summed E-state index contributed by atoms with van der Waals surface area (Å²) in [4.78, 5) is 0. The molecule has 94 valence electrons. The van der Waals surface area contributed by atoms with E-state index in [0.717, 1.165) is 0 Å². The zero-order valence-electron chi connectivity index (χ0n) is 9.16. The minimum Gasteiger partial charge on any atom is -0.493 e. The Labute approximate surface area is 96.5 Å². The fraction of sp³-hybridized carbons (Fsp3) is 0.364. The SMILES string of the molecule is CC(=NO)c1cccc(OCCC(F)(F)F)c1. The van der Waals surface area contributed by atoms with E-state index in [0.29, 0.717) is 17.0 Å². The van der Waals surface area contributed by atoms with Crippen molar-refractivity contribution in [2.45, 2.75) is 19.5 Å². The number of benzene rings is 1. The van der Waals surface area contributed by atoms with Crippen LogP contribution in [0.15, 0.2) is 29.4 Å². The van der Waals surface area contributed by atoms with E-state index in [1.807, 2.05) is 0 Å². The Bertz CT molecular complexity index is 402. The van der Waals surface area contributed by atoms with Gasteiger partial charge in [-0.2, -0.15) is 13.2 Å². The molecule has 1 aromatic carbocycles. The zero-order chi connectivity index (χ0) is 12.9. The molecular formula is C11H12F3NO2. The van der Waals surface area contributed by atoms with Crippen LogP contribution >= 0.6 is 0 Å². The second-order valence-corrected chi connectivity index (χ2v) is 3.43. The van der Waals surface area contributed by atoms with Crippen LogP contribution in [-0.2, 0) is 0 Å². The molecule has 0 aliphatic carbocycles. The lowest BCUT2D eigenvalue weighted by molar-refractivity contribution is -0.139. The summed E-state index contributed by atoms with van der Waals surface area (Å²) in [5, 5.41) is 11.6. The van der Waals surface area contributed by atoms with Crippen LogP contribution < -0.4 is 4.74 Å². The van der Waals surface area contributed by atoms with Gasteiger partial charge in [0.25, 0.3) is 0 Å². The lowest BCUT2D eigenvalue weighted by Gasteiger charge is -2.09. The number of rotatable bonds is 4. The first-order chi connectivity index (χ1) is 7.92. The smallest absolute Gasteiger partial charge is 0.392 e. The van der Waals surface area contributed by atoms with Crippen molar-refractivity contribution in [3.63, 3.8) is 0 Å². The number of alkyl halides is 3. The number of oxime groups is 1. The van der Waals surface area contributed by atoms with Crippen molar-refractivity contribution in [1.82, 2.24) is 0 Å². The molecule has 0 aliphatic rings. The second-order valence-electron chi connectivity index (χ2n) is 3.43. The lowest BCUT2D eigenvalue weighted by atomic mass is 10.1. The highest BCUT2D eigenvalue weighted by atomic mass is 19.4. The van der Waals surface area contributed by atoms with Gasteiger partial charge in [0.1, 0.15) is 5.75 Å². The standard InChI is InChI=1S/C11H12F3NO2/c1-8(15-16)9-3-2-4-10(7-9)17-6-5-11(12,13)14/h2-4,7,16H,5-6H2,1H3. The van der Waals surface area contributed by atoms with Crippen LogP contribution in [-0.4, -0.2) is 23.7 Å². The summed E-state index contributed by atoms with van der Waals surface area (Å²) in [5.41, 5.74) is 0.961. The van der Waals surface area contributed by atoms with E-state index in [1.165, 1.54) is 6.07 Å². The largest absolute Gasteiger partial charge is 0.493 e. The van der Waals surface area contributed by atoms with Gasteiger partial charge in [0.2, 0.25) is 0 Å². The molecule has 1 rings (SSSR count). The summed E-state index contributed by atoms with van der Waals surface area (Å²) < 4.78 is 40.6. The van der Waals surface area contributed by atoms with Crippen molar-refractivity contribution in [3.05, 3.63) is 29.8 Å². The molecule has 0 radical (unpaired) electrons. The fourth-order valence-corrected chi connectivity index (χ4v) is 1.15. The second kappa shape index (κ2) is 5.56. The van der Waals surface area contributed by atoms with Gasteiger partial charge in [-0.3, -0.25) is 0 Å². The number of nitrogens with zero attached hydrogens (tertiary/aromatic N) is 1. The third kappa shape index (κ3) is 4.76. The first-order valence-electron chi connectivity index (χ1n) is 4.91. The van der Waals surface area contributed by atoms with Gasteiger partial charge < -0.3 is 9.94 Å². The molecule has 0 aliphatic heterocycles. The van der Waals surface area contributed by atoms with Crippen LogP contribution in [0.4, 0.5) is 13.2 Å². The van der Waals surface area contributed by atoms with Gasteiger partial charge in [-0.05, 0) is 19.1 Å². The van der Waals surface area contributed by atoms with Crippen LogP contribution in [0.5, 0.6) is 5.75 Å². The molecule has 3 nitrogen and oxygen atoms in total. The maximum Gasteiger partial charge on any atom is 0.392 e. The van der Waals surface area contributed by atoms with Crippen molar-refractivity contribution < 1.29 is 23.1 Å². The first kappa shape index (κ1) is 13.3. The fourth-order valence-electron chi connectivity index (χ4n) is 1.15. The Hall–Kier alpha value is -1.72. The molecule has 6 heteroatoms. The van der Waals surface area contributed by atoms with Crippen LogP contribution in [0.2, 0.25) is 0 Å². The molecule has 0 amide bonds. The van der Waals surface area contributed by atoms with Crippen molar-refractivity contribution in [2.24, 2.45) is 5.16 Å². The molecule has 0 heterocycles. The van der Waals surface area contributed by atoms with Gasteiger partial charge in [0.15, 0.2) is 0 Å². The van der Waals surface area contributed by atoms with E-state index >= 15 is 0 Å². The number of hydrogen-bond donors (Lipinski definition) is 1. The number of halogens is 3. The maximum absolute atomic E-state index is 11.9. The molecule has 0 fully saturated rings. The Kier molecular flexibility index (Phi) is 4.37. The molecule has 0 saturated carbocycles. The van der Waals surface area contributed by atoms with E-state index < -0.39 is 19.2 Å². The van der Waals surface area contributed by atoms with Gasteiger partial charge >= 0.3 is 6.18 Å². The highest BCUT2D eigenvalue weighted by molar-refractivity contribution is 5.98. The molecule has 1 N–H and O–H groups in total. The van der Waals surface area contributed by atoms with E-state index in [2.05, 4.69) is 5.16 Å². The Morgan fingerprint density at radius 3 is 2.71 bits per heavy atom. The molecule has 0 bridgehead atoms. The molecular weight excluding hydrogens is 235 g/mol. The lowest BCUT2D eigenvalue weighted by Crippen LogP contribution is -2.13. The minimum absolute atomic E-state index is 0.315. The third-order valence-corrected chi connectivity index (χ3v) is 2.06. The quantitative estimate of drug-likeness (QED) is 0.504. The van der Waals surface area contributed by atoms with Gasteiger partial charge in [0, 0.05) is 5.56 Å². The molecule has 0 unspecified atom stereocenters. The monoisotopic (exact) mass is 247 g/mol. The number of ether oxygens (including phenoxy) is 1. The van der Waals surface area contributed by atoms with E-state index in [1.54, 1.807) is 25.1 Å². The summed E-state index contributed by atoms with van der Waals surface area (Å²) in [5.74, 6) is 0.315. The summed E-state index contributed by atoms with van der Waals surface area (Å²) in [7, 11) is 0. The highest BCUT2D eigenvalue weighted by Gasteiger charge is 2.26. The molecule has 0 atom stereocenters. The van der Waals surface area contributed by atoms with Crippen molar-refractivity contribution in [2.75, 3.05) is 6.61 Å². The van der Waals surface area contributed by atoms with Crippen LogP contribution in [0, 0.1) is 0 Å². The highest BCUT2D eigenvalue weighted by Crippen LogP contribution is 2.20. The summed E-state index contributed by atoms with van der Waals surface area (Å²) in [6.45, 7) is 1.15. The third-order valence-electron chi connectivity index (χ3n) is 2.06. The van der Waals surface area contributed by atoms with Crippen molar-refractivity contribution >= 4 is 5.71 Å². The maximum atomic E-state index is 11.9. The minimum atomic E-state index is -4.22. The van der Waals surface area contributed by atoms with Gasteiger partial charge in [-0.1, -0.05) is 17.3 Å². The van der Waals surface area contributed by atoms with Gasteiger partial charge in [0.05, 0.1) is 18.7 Å². The molecule has 17 heavy (non-hydrogen) atoms. The Balaban J connectivity index is 2.61. The predicted molar refractivity (Wildman–Crippen MR) is 56.6 cm³/mol. The average Bonchev–Trinajstić information content (AvgIpc) is 2.27. The number of hydrogen-bond acceptors (Lipinski definition) is 3. The summed E-state index contributed by atoms with van der Waals surface area (Å²) in [6, 6.07) is 6.36. The predicted octanol–water partition coefficient (Wildman–Crippen LogP) is 3.22. The van der Waals surface area contributed by atoms with Gasteiger partial charge in [-0.25, -0.2) is 0 Å². The Morgan fingerprint density at radius 1 is 1.41 bits per heavy atom. The molecule has 0 saturated heterocycles. The zero-order valence-corrected chi connectivity index (χ0v) is 9.16. The van der Waals surface area contributed by atoms with Crippen molar-refractivity contribution in [1.29, 1.82) is 0 Å². The van der Waals surface area contributed by atoms with Crippen molar-refractivity contribution in [3.8, 4) is 5.75 Å². The average molecular weight is 247 g/mol. The molecule has 0 aromatic heterocycles. The summed E-state index contributed by atoms with van der Waals surface area (Å²) >= 11 is 0. The summed E-state index contributed by atoms with van der Waals surface area (Å²) in [6.07, 6.45) is -5.22. The Morgan fingerprint density at radius 2 is 2.12 bits per heavy atom. The van der Waals surface area contributed by atoms with E-state index in [-0.39, 0.29) is 0 Å². The van der Waals surface area contributed by atoms with Gasteiger partial charge in [-0.15, -0.1) is 0 Å². The first-order valence-corrected chi connectivity index (χ1v) is 4.91. The molecule has 1 aromatic rings. The van der Waals surface area contributed by atoms with Crippen LogP contribution in [0.25, 0.3) is 0 Å².